The van der Waals surface area contributed by atoms with E-state index in [1.165, 1.54) is 57.1 Å². The molecule has 1 N–H and O–H groups in total. The summed E-state index contributed by atoms with van der Waals surface area (Å²) < 4.78 is 0. The Labute approximate surface area is 108 Å². The summed E-state index contributed by atoms with van der Waals surface area (Å²) in [5.41, 5.74) is 1.35. The lowest BCUT2D eigenvalue weighted by atomic mass is 9.71. The highest BCUT2D eigenvalue weighted by Crippen LogP contribution is 2.38. The van der Waals surface area contributed by atoms with Crippen LogP contribution in [0.1, 0.15) is 58.8 Å². The van der Waals surface area contributed by atoms with Crippen molar-refractivity contribution in [3.05, 3.63) is 12.2 Å². The molecule has 0 aromatic carbocycles. The van der Waals surface area contributed by atoms with E-state index in [-0.39, 0.29) is 0 Å². The number of nitrogens with one attached hydrogen (secondary N) is 1. The van der Waals surface area contributed by atoms with Crippen molar-refractivity contribution in [2.75, 3.05) is 13.6 Å². The Morgan fingerprint density at radius 3 is 2.59 bits per heavy atom. The second-order valence-corrected chi connectivity index (χ2v) is 6.04. The van der Waals surface area contributed by atoms with Crippen molar-refractivity contribution < 1.29 is 0 Å². The minimum atomic E-state index is 0.910. The van der Waals surface area contributed by atoms with E-state index >= 15 is 0 Å². The van der Waals surface area contributed by atoms with Crippen LogP contribution in [0.25, 0.3) is 0 Å². The first kappa shape index (κ1) is 14.8. The fourth-order valence-electron chi connectivity index (χ4n) is 3.41. The van der Waals surface area contributed by atoms with Crippen LogP contribution in [0.2, 0.25) is 0 Å². The molecule has 100 valence electrons. The van der Waals surface area contributed by atoms with Gasteiger partial charge in [0.05, 0.1) is 0 Å². The third-order valence-electron chi connectivity index (χ3n) is 4.35. The number of hydrogen-bond acceptors (Lipinski definition) is 1. The molecule has 1 aliphatic rings. The minimum absolute atomic E-state index is 0.910. The van der Waals surface area contributed by atoms with Gasteiger partial charge in [-0.15, -0.1) is 6.58 Å². The van der Waals surface area contributed by atoms with Crippen LogP contribution in [0, 0.1) is 17.8 Å². The van der Waals surface area contributed by atoms with Crippen LogP contribution in [-0.2, 0) is 0 Å². The van der Waals surface area contributed by atoms with Gasteiger partial charge in [0.1, 0.15) is 0 Å². The normalized spacial score (nSPS) is 29.2. The molecule has 0 aliphatic heterocycles. The number of hydrogen-bond donors (Lipinski definition) is 1. The summed E-state index contributed by atoms with van der Waals surface area (Å²) in [6.07, 6.45) is 9.75. The van der Waals surface area contributed by atoms with Gasteiger partial charge in [-0.3, -0.25) is 0 Å². The standard InChI is InChI=1S/C16H31N/c1-5-6-14-8-10-16(12-17-4)15(11-14)9-7-13(2)3/h14-17H,2,5-12H2,1,3-4H3. The zero-order valence-corrected chi connectivity index (χ0v) is 12.1. The first-order chi connectivity index (χ1) is 8.17. The molecule has 1 fully saturated rings. The lowest BCUT2D eigenvalue weighted by molar-refractivity contribution is 0.161. The summed E-state index contributed by atoms with van der Waals surface area (Å²) in [6, 6.07) is 0. The van der Waals surface area contributed by atoms with E-state index in [0.717, 1.165) is 17.8 Å². The Morgan fingerprint density at radius 2 is 2.00 bits per heavy atom. The van der Waals surface area contributed by atoms with Crippen LogP contribution >= 0.6 is 0 Å². The van der Waals surface area contributed by atoms with Gasteiger partial charge in [0, 0.05) is 0 Å². The molecule has 0 aromatic heterocycles. The molecule has 0 spiro atoms. The van der Waals surface area contributed by atoms with Gasteiger partial charge in [-0.2, -0.15) is 0 Å². The van der Waals surface area contributed by atoms with E-state index in [1.807, 2.05) is 0 Å². The van der Waals surface area contributed by atoms with Crippen LogP contribution in [0.15, 0.2) is 12.2 Å². The lowest BCUT2D eigenvalue weighted by Crippen LogP contribution is -2.32. The Morgan fingerprint density at radius 1 is 1.24 bits per heavy atom. The predicted octanol–water partition coefficient (Wildman–Crippen LogP) is 4.39. The van der Waals surface area contributed by atoms with Crippen molar-refractivity contribution in [1.82, 2.24) is 5.32 Å². The van der Waals surface area contributed by atoms with Gasteiger partial charge in [0.2, 0.25) is 0 Å². The van der Waals surface area contributed by atoms with Crippen molar-refractivity contribution in [2.24, 2.45) is 17.8 Å². The van der Waals surface area contributed by atoms with E-state index in [1.54, 1.807) is 0 Å². The molecule has 0 saturated heterocycles. The summed E-state index contributed by atoms with van der Waals surface area (Å²) in [4.78, 5) is 0. The van der Waals surface area contributed by atoms with E-state index in [0.29, 0.717) is 0 Å². The maximum absolute atomic E-state index is 4.05. The largest absolute Gasteiger partial charge is 0.319 e. The van der Waals surface area contributed by atoms with Gasteiger partial charge in [-0.25, -0.2) is 0 Å². The molecular weight excluding hydrogens is 206 g/mol. The maximum atomic E-state index is 4.05. The van der Waals surface area contributed by atoms with Gasteiger partial charge in [-0.05, 0) is 64.0 Å². The van der Waals surface area contributed by atoms with Crippen LogP contribution in [0.4, 0.5) is 0 Å². The molecule has 0 amide bonds. The third kappa shape index (κ3) is 5.25. The monoisotopic (exact) mass is 237 g/mol. The van der Waals surface area contributed by atoms with Gasteiger partial charge >= 0.3 is 0 Å². The first-order valence-electron chi connectivity index (χ1n) is 7.46. The van der Waals surface area contributed by atoms with E-state index in [4.69, 9.17) is 0 Å². The molecule has 1 aliphatic carbocycles. The molecule has 1 nitrogen and oxygen atoms in total. The highest BCUT2D eigenvalue weighted by atomic mass is 14.8. The third-order valence-corrected chi connectivity index (χ3v) is 4.35. The smallest absolute Gasteiger partial charge is 0.00209 e. The number of allylic oxidation sites excluding steroid dienone is 1. The second-order valence-electron chi connectivity index (χ2n) is 6.04. The average molecular weight is 237 g/mol. The summed E-state index contributed by atoms with van der Waals surface area (Å²) >= 11 is 0. The van der Waals surface area contributed by atoms with Gasteiger partial charge in [-0.1, -0.05) is 31.8 Å². The van der Waals surface area contributed by atoms with Crippen molar-refractivity contribution in [2.45, 2.75) is 58.8 Å². The molecule has 3 unspecified atom stereocenters. The van der Waals surface area contributed by atoms with Crippen LogP contribution in [0.3, 0.4) is 0 Å². The molecule has 0 radical (unpaired) electrons. The quantitative estimate of drug-likeness (QED) is 0.647. The SMILES string of the molecule is C=C(C)CCC1CC(CCC)CCC1CNC. The molecule has 1 saturated carbocycles. The van der Waals surface area contributed by atoms with Crippen molar-refractivity contribution >= 4 is 0 Å². The molecule has 0 bridgehead atoms. The Balaban J connectivity index is 2.46. The van der Waals surface area contributed by atoms with E-state index < -0.39 is 0 Å². The van der Waals surface area contributed by atoms with Crippen molar-refractivity contribution in [3.8, 4) is 0 Å². The Kier molecular flexibility index (Phi) is 6.87. The van der Waals surface area contributed by atoms with Crippen LogP contribution in [-0.4, -0.2) is 13.6 Å². The van der Waals surface area contributed by atoms with Gasteiger partial charge < -0.3 is 5.32 Å². The molecular formula is C16H31N. The van der Waals surface area contributed by atoms with Gasteiger partial charge in [0.25, 0.3) is 0 Å². The van der Waals surface area contributed by atoms with Crippen molar-refractivity contribution in [1.29, 1.82) is 0 Å². The zero-order valence-electron chi connectivity index (χ0n) is 12.1. The highest BCUT2D eigenvalue weighted by molar-refractivity contribution is 4.90. The Bertz CT molecular complexity index is 222. The fraction of sp³-hybridized carbons (Fsp3) is 0.875. The van der Waals surface area contributed by atoms with E-state index in [9.17, 15) is 0 Å². The topological polar surface area (TPSA) is 12.0 Å². The number of rotatable bonds is 7. The first-order valence-corrected chi connectivity index (χ1v) is 7.46. The fourth-order valence-corrected chi connectivity index (χ4v) is 3.41. The Hall–Kier alpha value is -0.300. The molecule has 0 aromatic rings. The summed E-state index contributed by atoms with van der Waals surface area (Å²) in [5.74, 6) is 2.85. The lowest BCUT2D eigenvalue weighted by Gasteiger charge is -2.36. The van der Waals surface area contributed by atoms with Crippen LogP contribution < -0.4 is 5.32 Å². The molecule has 1 rings (SSSR count). The van der Waals surface area contributed by atoms with Gasteiger partial charge in [0.15, 0.2) is 0 Å². The summed E-state index contributed by atoms with van der Waals surface area (Å²) in [7, 11) is 2.09. The molecule has 17 heavy (non-hydrogen) atoms. The minimum Gasteiger partial charge on any atom is -0.319 e. The summed E-state index contributed by atoms with van der Waals surface area (Å²) in [6.45, 7) is 9.75. The average Bonchev–Trinajstić information content (AvgIpc) is 2.29. The van der Waals surface area contributed by atoms with Crippen LogP contribution in [0.5, 0.6) is 0 Å². The molecule has 1 heteroatoms. The molecule has 3 atom stereocenters. The van der Waals surface area contributed by atoms with Crippen molar-refractivity contribution in [3.63, 3.8) is 0 Å². The van der Waals surface area contributed by atoms with E-state index in [2.05, 4.69) is 32.8 Å². The molecule has 0 heterocycles. The highest BCUT2D eigenvalue weighted by Gasteiger charge is 2.29. The maximum Gasteiger partial charge on any atom is -0.00209 e. The summed E-state index contributed by atoms with van der Waals surface area (Å²) in [5, 5.41) is 3.38. The second kappa shape index (κ2) is 7.92. The predicted molar refractivity (Wildman–Crippen MR) is 77.2 cm³/mol. The zero-order chi connectivity index (χ0) is 12.7.